The van der Waals surface area contributed by atoms with Crippen molar-refractivity contribution in [2.75, 3.05) is 0 Å². The normalized spacial score (nSPS) is 17.3. The van der Waals surface area contributed by atoms with Gasteiger partial charge >= 0.3 is 5.97 Å². The Balaban J connectivity index is 1.17. The highest BCUT2D eigenvalue weighted by Crippen LogP contribution is 2.41. The van der Waals surface area contributed by atoms with Crippen LogP contribution in [-0.2, 0) is 51.2 Å². The molecule has 0 amide bonds. The summed E-state index contributed by atoms with van der Waals surface area (Å²) < 4.78 is 8.86. The van der Waals surface area contributed by atoms with Crippen LogP contribution in [0.4, 0.5) is 0 Å². The van der Waals surface area contributed by atoms with E-state index in [0.717, 1.165) is 27.7 Å². The number of hydrogen-bond acceptors (Lipinski definition) is 8. The number of hydrogen-bond donors (Lipinski definition) is 0. The lowest BCUT2D eigenvalue weighted by atomic mass is 9.86. The van der Waals surface area contributed by atoms with E-state index >= 15 is 0 Å². The van der Waals surface area contributed by atoms with Gasteiger partial charge in [0.15, 0.2) is 0 Å². The monoisotopic (exact) mass is 549 g/mol. The molecule has 10 nitrogen and oxygen atoms in total. The Morgan fingerprint density at radius 1 is 1.07 bits per heavy atom. The standard InChI is InChI=1S/C31H27N5O5/c1-3-31(41-40-17-23-16-35(34-33-23)14-20-10-8-19(2)9-11-20)25-13-27-28-22(12-21-6-4-5-7-26(21)32-28)15-36(27)29(37)24(25)18-39-30(31)38/h4-13,16H,3,14-15,17-18H2,1-2H3/t31-/m0/s1. The van der Waals surface area contributed by atoms with Crippen LogP contribution in [-0.4, -0.2) is 30.5 Å². The number of carbonyl (C=O) groups excluding carboxylic acids is 1. The van der Waals surface area contributed by atoms with Gasteiger partial charge < -0.3 is 9.30 Å². The van der Waals surface area contributed by atoms with Gasteiger partial charge in [-0.25, -0.2) is 24.2 Å². The average Bonchev–Trinajstić information content (AvgIpc) is 3.58. The maximum Gasteiger partial charge on any atom is 0.346 e. The van der Waals surface area contributed by atoms with Gasteiger partial charge in [-0.15, -0.1) is 5.10 Å². The van der Waals surface area contributed by atoms with Crippen LogP contribution in [0.1, 0.15) is 46.9 Å². The second-order valence-corrected chi connectivity index (χ2v) is 10.5. The molecule has 7 rings (SSSR count). The van der Waals surface area contributed by atoms with Crippen molar-refractivity contribution >= 4 is 16.9 Å². The number of para-hydroxylation sites is 1. The molecule has 0 N–H and O–H groups in total. The van der Waals surface area contributed by atoms with Crippen molar-refractivity contribution < 1.29 is 19.3 Å². The molecular weight excluding hydrogens is 522 g/mol. The Morgan fingerprint density at radius 3 is 2.73 bits per heavy atom. The van der Waals surface area contributed by atoms with E-state index in [2.05, 4.69) is 16.4 Å². The number of esters is 1. The third-order valence-corrected chi connectivity index (χ3v) is 7.84. The molecule has 0 fully saturated rings. The lowest BCUT2D eigenvalue weighted by Crippen LogP contribution is -2.46. The maximum absolute atomic E-state index is 13.7. The topological polar surface area (TPSA) is 110 Å². The number of carbonyl (C=O) groups is 1. The molecule has 5 aromatic rings. The lowest BCUT2D eigenvalue weighted by Gasteiger charge is -2.34. The maximum atomic E-state index is 13.7. The van der Waals surface area contributed by atoms with Crippen LogP contribution >= 0.6 is 0 Å². The van der Waals surface area contributed by atoms with Gasteiger partial charge in [-0.2, -0.15) is 0 Å². The van der Waals surface area contributed by atoms with Crippen molar-refractivity contribution in [2.45, 2.75) is 52.2 Å². The molecule has 0 radical (unpaired) electrons. The van der Waals surface area contributed by atoms with E-state index < -0.39 is 11.6 Å². The SMILES string of the molecule is CC[C@@]1(OOCc2cn(Cc3ccc(C)cc3)nn2)C(=O)OCc2c1cc1n(c2=O)Cc2cc3ccccc3nc2-1. The van der Waals surface area contributed by atoms with E-state index in [9.17, 15) is 9.59 Å². The summed E-state index contributed by atoms with van der Waals surface area (Å²) in [5, 5.41) is 9.34. The van der Waals surface area contributed by atoms with Crippen LogP contribution in [0, 0.1) is 6.92 Å². The van der Waals surface area contributed by atoms with E-state index in [1.807, 2.05) is 61.5 Å². The minimum absolute atomic E-state index is 0.0431. The Morgan fingerprint density at radius 2 is 1.90 bits per heavy atom. The minimum Gasteiger partial charge on any atom is -0.458 e. The van der Waals surface area contributed by atoms with Crippen molar-refractivity contribution in [3.05, 3.63) is 111 Å². The first-order chi connectivity index (χ1) is 19.9. The number of benzene rings is 2. The molecule has 41 heavy (non-hydrogen) atoms. The lowest BCUT2D eigenvalue weighted by molar-refractivity contribution is -0.371. The molecule has 0 unspecified atom stereocenters. The first-order valence-corrected chi connectivity index (χ1v) is 13.5. The van der Waals surface area contributed by atoms with Crippen molar-refractivity contribution in [3.63, 3.8) is 0 Å². The minimum atomic E-state index is -1.61. The second kappa shape index (κ2) is 9.76. The molecule has 3 aromatic heterocycles. The zero-order valence-electron chi connectivity index (χ0n) is 22.7. The van der Waals surface area contributed by atoms with Crippen molar-refractivity contribution in [1.82, 2.24) is 24.5 Å². The number of pyridine rings is 2. The van der Waals surface area contributed by atoms with Gasteiger partial charge in [0.05, 0.1) is 41.8 Å². The van der Waals surface area contributed by atoms with Crippen LogP contribution in [0.25, 0.3) is 22.3 Å². The Bertz CT molecular complexity index is 1880. The van der Waals surface area contributed by atoms with E-state index in [0.29, 0.717) is 35.6 Å². The van der Waals surface area contributed by atoms with Crippen molar-refractivity contribution in [1.29, 1.82) is 0 Å². The summed E-state index contributed by atoms with van der Waals surface area (Å²) in [6.45, 7) is 4.63. The second-order valence-electron chi connectivity index (χ2n) is 10.5. The molecule has 0 aliphatic carbocycles. The highest BCUT2D eigenvalue weighted by atomic mass is 17.2. The summed E-state index contributed by atoms with van der Waals surface area (Å²) in [5.41, 5.74) is 4.94. The fourth-order valence-electron chi connectivity index (χ4n) is 5.60. The molecular formula is C31H27N5O5. The smallest absolute Gasteiger partial charge is 0.346 e. The Kier molecular flexibility index (Phi) is 6.02. The van der Waals surface area contributed by atoms with Gasteiger partial charge in [-0.05, 0) is 37.1 Å². The van der Waals surface area contributed by atoms with Crippen molar-refractivity contribution in [3.8, 4) is 11.4 Å². The fourth-order valence-corrected chi connectivity index (χ4v) is 5.60. The van der Waals surface area contributed by atoms with E-state index in [-0.39, 0.29) is 25.2 Å². The summed E-state index contributed by atoms with van der Waals surface area (Å²) >= 11 is 0. The zero-order chi connectivity index (χ0) is 28.1. The van der Waals surface area contributed by atoms with Gasteiger partial charge in [0.1, 0.15) is 18.9 Å². The molecule has 0 bridgehead atoms. The van der Waals surface area contributed by atoms with Crippen LogP contribution in [0.5, 0.6) is 0 Å². The third-order valence-electron chi connectivity index (χ3n) is 7.84. The highest BCUT2D eigenvalue weighted by molar-refractivity contribution is 5.86. The third kappa shape index (κ3) is 4.23. The average molecular weight is 550 g/mol. The number of fused-ring (bicyclic) bond motifs is 5. The number of rotatable bonds is 7. The molecule has 0 saturated heterocycles. The summed E-state index contributed by atoms with van der Waals surface area (Å²) in [7, 11) is 0. The van der Waals surface area contributed by atoms with E-state index in [1.165, 1.54) is 5.56 Å². The summed E-state index contributed by atoms with van der Waals surface area (Å²) in [5.74, 6) is -0.607. The van der Waals surface area contributed by atoms with E-state index in [4.69, 9.17) is 19.5 Å². The van der Waals surface area contributed by atoms with Crippen LogP contribution in [0.3, 0.4) is 0 Å². The van der Waals surface area contributed by atoms with Gasteiger partial charge in [0.2, 0.25) is 5.60 Å². The van der Waals surface area contributed by atoms with Crippen LogP contribution in [0.2, 0.25) is 0 Å². The first kappa shape index (κ1) is 25.3. The van der Waals surface area contributed by atoms with Crippen LogP contribution < -0.4 is 5.56 Å². The molecule has 0 saturated carbocycles. The van der Waals surface area contributed by atoms with Gasteiger partial charge in [0, 0.05) is 16.5 Å². The fraction of sp³-hybridized carbons (Fsp3) is 0.258. The first-order valence-electron chi connectivity index (χ1n) is 13.5. The number of nitrogens with zero attached hydrogens (tertiary/aromatic N) is 5. The predicted molar refractivity (Wildman–Crippen MR) is 148 cm³/mol. The van der Waals surface area contributed by atoms with Crippen LogP contribution in [0.15, 0.2) is 71.7 Å². The Labute approximate surface area is 235 Å². The molecule has 0 spiro atoms. The molecule has 2 aliphatic heterocycles. The number of aryl methyl sites for hydroxylation is 1. The summed E-state index contributed by atoms with van der Waals surface area (Å²) in [6, 6.07) is 19.9. The van der Waals surface area contributed by atoms with E-state index in [1.54, 1.807) is 22.4 Å². The molecule has 1 atom stereocenters. The van der Waals surface area contributed by atoms with Gasteiger partial charge in [-0.3, -0.25) is 4.79 Å². The molecule has 2 aliphatic rings. The molecule has 5 heterocycles. The number of cyclic esters (lactones) is 1. The number of ether oxygens (including phenoxy) is 1. The quantitative estimate of drug-likeness (QED) is 0.166. The highest BCUT2D eigenvalue weighted by Gasteiger charge is 2.49. The zero-order valence-corrected chi connectivity index (χ0v) is 22.7. The summed E-state index contributed by atoms with van der Waals surface area (Å²) in [4.78, 5) is 43.2. The largest absolute Gasteiger partial charge is 0.458 e. The predicted octanol–water partition coefficient (Wildman–Crippen LogP) is 4.18. The Hall–Kier alpha value is -4.67. The summed E-state index contributed by atoms with van der Waals surface area (Å²) in [6.07, 6.45) is 1.96. The molecule has 2 aromatic carbocycles. The van der Waals surface area contributed by atoms with Gasteiger partial charge in [-0.1, -0.05) is 60.2 Å². The number of aromatic nitrogens is 5. The molecule has 206 valence electrons. The van der Waals surface area contributed by atoms with Crippen molar-refractivity contribution in [2.24, 2.45) is 0 Å². The van der Waals surface area contributed by atoms with Gasteiger partial charge in [0.25, 0.3) is 5.56 Å². The molecule has 10 heteroatoms.